The van der Waals surface area contributed by atoms with Crippen molar-refractivity contribution in [3.8, 4) is 0 Å². The highest BCUT2D eigenvalue weighted by Crippen LogP contribution is 2.24. The highest BCUT2D eigenvalue weighted by molar-refractivity contribution is 8.13. The second kappa shape index (κ2) is 6.57. The number of amides is 1. The summed E-state index contributed by atoms with van der Waals surface area (Å²) in [5, 5.41) is 3.54. The first-order valence-electron chi connectivity index (χ1n) is 6.77. The van der Waals surface area contributed by atoms with Crippen molar-refractivity contribution < 1.29 is 9.59 Å². The molecule has 2 unspecified atom stereocenters. The summed E-state index contributed by atoms with van der Waals surface area (Å²) in [4.78, 5) is 24.9. The third-order valence-electron chi connectivity index (χ3n) is 3.69. The largest absolute Gasteiger partial charge is 0.342 e. The van der Waals surface area contributed by atoms with Crippen LogP contribution in [0.4, 0.5) is 0 Å². The summed E-state index contributed by atoms with van der Waals surface area (Å²) in [5.74, 6) is 2.04. The Morgan fingerprint density at radius 1 is 1.50 bits per heavy atom. The Labute approximate surface area is 113 Å². The van der Waals surface area contributed by atoms with Crippen LogP contribution in [0.5, 0.6) is 0 Å². The molecule has 2 rings (SSSR count). The Morgan fingerprint density at radius 2 is 2.33 bits per heavy atom. The molecule has 0 saturated carbocycles. The minimum Gasteiger partial charge on any atom is -0.342 e. The van der Waals surface area contributed by atoms with Crippen molar-refractivity contribution in [3.63, 3.8) is 0 Å². The van der Waals surface area contributed by atoms with Gasteiger partial charge in [-0.15, -0.1) is 0 Å². The molecule has 102 valence electrons. The molecule has 18 heavy (non-hydrogen) atoms. The van der Waals surface area contributed by atoms with Crippen molar-refractivity contribution in [2.45, 2.75) is 26.2 Å². The van der Waals surface area contributed by atoms with Crippen molar-refractivity contribution in [1.29, 1.82) is 0 Å². The number of rotatable bonds is 4. The lowest BCUT2D eigenvalue weighted by atomic mass is 9.99. The second-order valence-electron chi connectivity index (χ2n) is 5.38. The maximum atomic E-state index is 11.9. The molecule has 4 nitrogen and oxygen atoms in total. The minimum atomic E-state index is 0.150. The first kappa shape index (κ1) is 13.9. The average Bonchev–Trinajstić information content (AvgIpc) is 2.69. The van der Waals surface area contributed by atoms with E-state index in [-0.39, 0.29) is 11.0 Å². The van der Waals surface area contributed by atoms with Crippen LogP contribution in [-0.2, 0) is 9.59 Å². The number of nitrogens with zero attached hydrogens (tertiary/aromatic N) is 1. The van der Waals surface area contributed by atoms with Crippen molar-refractivity contribution in [2.75, 3.05) is 31.9 Å². The van der Waals surface area contributed by atoms with Gasteiger partial charge in [0.05, 0.1) is 0 Å². The van der Waals surface area contributed by atoms with Gasteiger partial charge >= 0.3 is 0 Å². The van der Waals surface area contributed by atoms with E-state index in [1.54, 1.807) is 6.92 Å². The van der Waals surface area contributed by atoms with Gasteiger partial charge in [-0.2, -0.15) is 0 Å². The molecule has 0 spiro atoms. The molecule has 0 aliphatic carbocycles. The summed E-state index contributed by atoms with van der Waals surface area (Å²) >= 11 is 1.35. The molecular weight excluding hydrogens is 248 g/mol. The highest BCUT2D eigenvalue weighted by atomic mass is 32.2. The van der Waals surface area contributed by atoms with Gasteiger partial charge in [-0.25, -0.2) is 0 Å². The van der Waals surface area contributed by atoms with Gasteiger partial charge in [0.2, 0.25) is 5.91 Å². The lowest BCUT2D eigenvalue weighted by molar-refractivity contribution is -0.128. The van der Waals surface area contributed by atoms with E-state index in [2.05, 4.69) is 5.32 Å². The zero-order valence-electron chi connectivity index (χ0n) is 11.0. The molecular formula is C13H22N2O2S. The highest BCUT2D eigenvalue weighted by Gasteiger charge is 2.31. The van der Waals surface area contributed by atoms with Gasteiger partial charge in [-0.1, -0.05) is 11.8 Å². The number of likely N-dealkylation sites (tertiary alicyclic amines) is 1. The van der Waals surface area contributed by atoms with Crippen LogP contribution in [0.15, 0.2) is 0 Å². The number of hydrogen-bond donors (Lipinski definition) is 1. The average molecular weight is 270 g/mol. The summed E-state index contributed by atoms with van der Waals surface area (Å²) in [6.45, 7) is 5.48. The number of carbonyl (C=O) groups excluding carboxylic acids is 2. The Morgan fingerprint density at radius 3 is 3.00 bits per heavy atom. The minimum absolute atomic E-state index is 0.150. The third-order valence-corrected chi connectivity index (χ3v) is 4.74. The fraction of sp³-hybridized carbons (Fsp3) is 0.846. The smallest absolute Gasteiger partial charge is 0.222 e. The van der Waals surface area contributed by atoms with Crippen LogP contribution in [0.2, 0.25) is 0 Å². The second-order valence-corrected chi connectivity index (χ2v) is 6.58. The van der Waals surface area contributed by atoms with Crippen LogP contribution in [0, 0.1) is 11.8 Å². The first-order valence-corrected chi connectivity index (χ1v) is 7.75. The van der Waals surface area contributed by atoms with Crippen molar-refractivity contribution >= 4 is 22.8 Å². The van der Waals surface area contributed by atoms with Gasteiger partial charge in [0.1, 0.15) is 0 Å². The molecule has 2 aliphatic heterocycles. The summed E-state index contributed by atoms with van der Waals surface area (Å²) in [6, 6.07) is 0. The summed E-state index contributed by atoms with van der Waals surface area (Å²) < 4.78 is 0. The van der Waals surface area contributed by atoms with Crippen LogP contribution in [-0.4, -0.2) is 47.9 Å². The number of nitrogens with one attached hydrogen (secondary N) is 1. The van der Waals surface area contributed by atoms with E-state index < -0.39 is 0 Å². The van der Waals surface area contributed by atoms with Crippen molar-refractivity contribution in [3.05, 3.63) is 0 Å². The fourth-order valence-corrected chi connectivity index (χ4v) is 3.46. The Balaban J connectivity index is 1.75. The molecule has 2 aliphatic rings. The van der Waals surface area contributed by atoms with Gasteiger partial charge in [0, 0.05) is 32.2 Å². The zero-order chi connectivity index (χ0) is 13.0. The van der Waals surface area contributed by atoms with E-state index in [9.17, 15) is 9.59 Å². The monoisotopic (exact) mass is 270 g/mol. The quantitative estimate of drug-likeness (QED) is 0.831. The predicted molar refractivity (Wildman–Crippen MR) is 73.4 cm³/mol. The van der Waals surface area contributed by atoms with E-state index in [0.717, 1.165) is 31.9 Å². The predicted octanol–water partition coefficient (Wildman–Crippen LogP) is 1.11. The summed E-state index contributed by atoms with van der Waals surface area (Å²) in [7, 11) is 0. The van der Waals surface area contributed by atoms with E-state index in [1.165, 1.54) is 24.6 Å². The number of carbonyl (C=O) groups is 2. The molecule has 2 fully saturated rings. The Bertz CT molecular complexity index is 316. The molecule has 1 N–H and O–H groups in total. The molecule has 2 heterocycles. The lowest BCUT2D eigenvalue weighted by Crippen LogP contribution is -2.39. The molecule has 0 aromatic heterocycles. The van der Waals surface area contributed by atoms with E-state index >= 15 is 0 Å². The van der Waals surface area contributed by atoms with Crippen LogP contribution < -0.4 is 5.32 Å². The topological polar surface area (TPSA) is 49.4 Å². The first-order chi connectivity index (χ1) is 8.65. The molecule has 2 atom stereocenters. The van der Waals surface area contributed by atoms with Crippen LogP contribution in [0.3, 0.4) is 0 Å². The maximum absolute atomic E-state index is 11.9. The van der Waals surface area contributed by atoms with Crippen LogP contribution in [0.1, 0.15) is 26.2 Å². The number of thioether (sulfide) groups is 1. The van der Waals surface area contributed by atoms with Gasteiger partial charge in [0.15, 0.2) is 5.12 Å². The van der Waals surface area contributed by atoms with Gasteiger partial charge in [-0.05, 0) is 37.8 Å². The Hall–Kier alpha value is -0.550. The van der Waals surface area contributed by atoms with Crippen LogP contribution >= 0.6 is 11.8 Å². The van der Waals surface area contributed by atoms with Gasteiger partial charge < -0.3 is 10.2 Å². The van der Waals surface area contributed by atoms with Crippen LogP contribution in [0.25, 0.3) is 0 Å². The SMILES string of the molecule is CC(=O)SCC1CC(=O)N(CC2CCCNC2)C1. The summed E-state index contributed by atoms with van der Waals surface area (Å²) in [6.07, 6.45) is 3.07. The third kappa shape index (κ3) is 3.99. The molecule has 1 amide bonds. The molecule has 2 saturated heterocycles. The maximum Gasteiger partial charge on any atom is 0.222 e. The summed E-state index contributed by atoms with van der Waals surface area (Å²) in [5.41, 5.74) is 0. The Kier molecular flexibility index (Phi) is 5.06. The normalized spacial score (nSPS) is 28.7. The van der Waals surface area contributed by atoms with E-state index in [4.69, 9.17) is 0 Å². The van der Waals surface area contributed by atoms with Crippen molar-refractivity contribution in [2.24, 2.45) is 11.8 Å². The van der Waals surface area contributed by atoms with Gasteiger partial charge in [-0.3, -0.25) is 9.59 Å². The fourth-order valence-electron chi connectivity index (χ4n) is 2.77. The van der Waals surface area contributed by atoms with E-state index in [1.807, 2.05) is 4.90 Å². The molecule has 0 aromatic rings. The number of piperidine rings is 1. The molecule has 0 aromatic carbocycles. The van der Waals surface area contributed by atoms with Crippen molar-refractivity contribution in [1.82, 2.24) is 10.2 Å². The lowest BCUT2D eigenvalue weighted by Gasteiger charge is -2.27. The van der Waals surface area contributed by atoms with Gasteiger partial charge in [0.25, 0.3) is 0 Å². The number of hydrogen-bond acceptors (Lipinski definition) is 4. The zero-order valence-corrected chi connectivity index (χ0v) is 11.8. The molecule has 5 heteroatoms. The molecule has 0 radical (unpaired) electrons. The standard InChI is InChI=1S/C13H22N2O2S/c1-10(16)18-9-12-5-13(17)15(8-12)7-11-3-2-4-14-6-11/h11-12,14H,2-9H2,1H3. The van der Waals surface area contributed by atoms with E-state index in [0.29, 0.717) is 18.3 Å². The molecule has 0 bridgehead atoms.